The topological polar surface area (TPSA) is 86.8 Å². The van der Waals surface area contributed by atoms with Gasteiger partial charge < -0.3 is 10.2 Å². The average molecular weight is 627 g/mol. The lowest BCUT2D eigenvalue weighted by atomic mass is 10.1. The van der Waals surface area contributed by atoms with Crippen LogP contribution < -0.4 is 9.62 Å². The first kappa shape index (κ1) is 30.9. The first-order valence-corrected chi connectivity index (χ1v) is 14.2. The fraction of sp³-hybridized carbons (Fsp3) is 0.417. The van der Waals surface area contributed by atoms with Crippen LogP contribution in [0.15, 0.2) is 46.9 Å². The highest BCUT2D eigenvalue weighted by Gasteiger charge is 2.35. The minimum Gasteiger partial charge on any atom is -0.352 e. The molecular formula is C24H28BrClF3N3O4S. The summed E-state index contributed by atoms with van der Waals surface area (Å²) in [7, 11) is -4.20. The first-order valence-electron chi connectivity index (χ1n) is 11.2. The zero-order valence-corrected chi connectivity index (χ0v) is 23.8. The van der Waals surface area contributed by atoms with Gasteiger partial charge in [-0.1, -0.05) is 46.6 Å². The van der Waals surface area contributed by atoms with E-state index in [9.17, 15) is 31.2 Å². The summed E-state index contributed by atoms with van der Waals surface area (Å²) in [6.45, 7) is 4.31. The summed E-state index contributed by atoms with van der Waals surface area (Å²) in [5.41, 5.74) is -0.964. The van der Waals surface area contributed by atoms with Crippen LogP contribution in [0, 0.1) is 0 Å². The van der Waals surface area contributed by atoms with Crippen LogP contribution in [0.5, 0.6) is 0 Å². The lowest BCUT2D eigenvalue weighted by Crippen LogP contribution is -2.52. The van der Waals surface area contributed by atoms with E-state index >= 15 is 0 Å². The van der Waals surface area contributed by atoms with Gasteiger partial charge in [-0.25, -0.2) is 8.42 Å². The number of nitrogens with one attached hydrogen (secondary N) is 1. The second-order valence-electron chi connectivity index (χ2n) is 8.58. The Bertz CT molecular complexity index is 1240. The highest BCUT2D eigenvalue weighted by molar-refractivity contribution is 9.10. The summed E-state index contributed by atoms with van der Waals surface area (Å²) in [6.07, 6.45) is -3.41. The lowest BCUT2D eigenvalue weighted by Gasteiger charge is -2.32. The van der Waals surface area contributed by atoms with Crippen molar-refractivity contribution >= 4 is 55.1 Å². The van der Waals surface area contributed by atoms with Crippen LogP contribution in [-0.4, -0.2) is 50.0 Å². The number of hydrogen-bond acceptors (Lipinski definition) is 4. The molecule has 0 aliphatic carbocycles. The Morgan fingerprint density at radius 3 is 2.32 bits per heavy atom. The smallest absolute Gasteiger partial charge is 0.352 e. The van der Waals surface area contributed by atoms with E-state index in [1.165, 1.54) is 11.8 Å². The molecule has 0 aromatic heterocycles. The van der Waals surface area contributed by atoms with Gasteiger partial charge in [-0.2, -0.15) is 13.2 Å². The molecule has 1 N–H and O–H groups in total. The van der Waals surface area contributed by atoms with Gasteiger partial charge in [0.25, 0.3) is 0 Å². The van der Waals surface area contributed by atoms with Gasteiger partial charge in [-0.15, -0.1) is 0 Å². The minimum atomic E-state index is -4.84. The van der Waals surface area contributed by atoms with E-state index in [0.29, 0.717) is 22.4 Å². The van der Waals surface area contributed by atoms with Gasteiger partial charge in [0.15, 0.2) is 0 Å². The molecular weight excluding hydrogens is 599 g/mol. The van der Waals surface area contributed by atoms with E-state index in [4.69, 9.17) is 11.6 Å². The quantitative estimate of drug-likeness (QED) is 0.392. The number of carbonyl (C=O) groups excluding carboxylic acids is 2. The van der Waals surface area contributed by atoms with E-state index in [2.05, 4.69) is 21.2 Å². The molecule has 0 bridgehead atoms. The molecule has 13 heteroatoms. The number of halogens is 5. The summed E-state index contributed by atoms with van der Waals surface area (Å²) in [5.74, 6) is -1.23. The van der Waals surface area contributed by atoms with Gasteiger partial charge in [0.2, 0.25) is 21.8 Å². The van der Waals surface area contributed by atoms with Crippen molar-refractivity contribution in [3.63, 3.8) is 0 Å². The van der Waals surface area contributed by atoms with Crippen molar-refractivity contribution in [1.29, 1.82) is 0 Å². The number of benzene rings is 2. The van der Waals surface area contributed by atoms with Gasteiger partial charge in [-0.05, 0) is 56.2 Å². The molecule has 37 heavy (non-hydrogen) atoms. The molecule has 0 heterocycles. The Kier molecular flexibility index (Phi) is 10.4. The SMILES string of the molecule is CC[C@H](C)NC(=O)[C@H](C)N(Cc1cccc(Br)c1)C(=O)CN(c1ccc(Cl)c(C(F)(F)F)c1)S(C)(=O)=O. The van der Waals surface area contributed by atoms with E-state index in [1.807, 2.05) is 6.92 Å². The molecule has 2 amide bonds. The molecule has 2 aromatic carbocycles. The lowest BCUT2D eigenvalue weighted by molar-refractivity contribution is -0.139. The molecule has 0 aliphatic rings. The van der Waals surface area contributed by atoms with E-state index < -0.39 is 51.2 Å². The number of carbonyl (C=O) groups is 2. The fourth-order valence-electron chi connectivity index (χ4n) is 3.38. The molecule has 0 unspecified atom stereocenters. The molecule has 2 atom stereocenters. The minimum absolute atomic E-state index is 0.0423. The predicted molar refractivity (Wildman–Crippen MR) is 141 cm³/mol. The third-order valence-corrected chi connectivity index (χ3v) is 7.60. The van der Waals surface area contributed by atoms with E-state index in [-0.39, 0.29) is 18.3 Å². The number of hydrogen-bond donors (Lipinski definition) is 1. The van der Waals surface area contributed by atoms with E-state index in [1.54, 1.807) is 31.2 Å². The van der Waals surface area contributed by atoms with Gasteiger partial charge in [0.05, 0.1) is 22.5 Å². The van der Waals surface area contributed by atoms with Gasteiger partial charge >= 0.3 is 6.18 Å². The maximum atomic E-state index is 13.5. The molecule has 0 saturated heterocycles. The Labute approximate surface area is 228 Å². The largest absolute Gasteiger partial charge is 0.417 e. The first-order chi connectivity index (χ1) is 17.0. The van der Waals surface area contributed by atoms with Crippen LogP contribution >= 0.6 is 27.5 Å². The van der Waals surface area contributed by atoms with Crippen molar-refractivity contribution in [2.24, 2.45) is 0 Å². The van der Waals surface area contributed by atoms with Crippen molar-refractivity contribution in [3.8, 4) is 0 Å². The van der Waals surface area contributed by atoms with Crippen LogP contribution in [0.2, 0.25) is 5.02 Å². The Hall–Kier alpha value is -2.31. The van der Waals surface area contributed by atoms with Crippen molar-refractivity contribution < 1.29 is 31.2 Å². The number of nitrogens with zero attached hydrogens (tertiary/aromatic N) is 2. The molecule has 2 rings (SSSR count). The summed E-state index contributed by atoms with van der Waals surface area (Å²) < 4.78 is 66.7. The molecule has 2 aromatic rings. The van der Waals surface area contributed by atoms with Crippen molar-refractivity contribution in [1.82, 2.24) is 10.2 Å². The molecule has 0 saturated carbocycles. The van der Waals surface area contributed by atoms with Crippen LogP contribution in [0.1, 0.15) is 38.3 Å². The summed E-state index contributed by atoms with van der Waals surface area (Å²) in [6, 6.07) is 8.40. The third-order valence-electron chi connectivity index (χ3n) is 5.63. The maximum absolute atomic E-state index is 13.5. The van der Waals surface area contributed by atoms with Gasteiger partial charge in [0.1, 0.15) is 12.6 Å². The second kappa shape index (κ2) is 12.5. The number of sulfonamides is 1. The maximum Gasteiger partial charge on any atom is 0.417 e. The van der Waals surface area contributed by atoms with Crippen molar-refractivity contribution in [3.05, 3.63) is 63.1 Å². The van der Waals surface area contributed by atoms with Gasteiger partial charge in [-0.3, -0.25) is 13.9 Å². The highest BCUT2D eigenvalue weighted by Crippen LogP contribution is 2.37. The molecule has 204 valence electrons. The molecule has 0 radical (unpaired) electrons. The highest BCUT2D eigenvalue weighted by atomic mass is 79.9. The second-order valence-corrected chi connectivity index (χ2v) is 11.8. The summed E-state index contributed by atoms with van der Waals surface area (Å²) >= 11 is 9.03. The zero-order chi connectivity index (χ0) is 28.1. The molecule has 7 nitrogen and oxygen atoms in total. The summed E-state index contributed by atoms with van der Waals surface area (Å²) in [4.78, 5) is 27.6. The number of alkyl halides is 3. The Balaban J connectivity index is 2.48. The van der Waals surface area contributed by atoms with Crippen molar-refractivity contribution in [2.75, 3.05) is 17.1 Å². The fourth-order valence-corrected chi connectivity index (χ4v) is 4.89. The Morgan fingerprint density at radius 1 is 1.14 bits per heavy atom. The average Bonchev–Trinajstić information content (AvgIpc) is 2.79. The monoisotopic (exact) mass is 625 g/mol. The standard InChI is InChI=1S/C24H28BrClF3N3O4S/c1-5-15(2)30-23(34)16(3)31(13-17-7-6-8-18(25)11-17)22(33)14-32(37(4,35)36)19-9-10-21(26)20(12-19)24(27,28)29/h6-12,15-16H,5,13-14H2,1-4H3,(H,30,34)/t15-,16-/m0/s1. The normalized spacial score (nSPS) is 13.5. The van der Waals surface area contributed by atoms with Crippen molar-refractivity contribution in [2.45, 2.75) is 52.0 Å². The summed E-state index contributed by atoms with van der Waals surface area (Å²) in [5, 5.41) is 2.19. The van der Waals surface area contributed by atoms with Gasteiger partial charge in [0, 0.05) is 17.1 Å². The number of rotatable bonds is 10. The van der Waals surface area contributed by atoms with Crippen LogP contribution in [0.4, 0.5) is 18.9 Å². The predicted octanol–water partition coefficient (Wildman–Crippen LogP) is 5.22. The molecule has 0 aliphatic heterocycles. The Morgan fingerprint density at radius 2 is 1.78 bits per heavy atom. The number of amides is 2. The molecule has 0 fully saturated rings. The van der Waals surface area contributed by atoms with Crippen LogP contribution in [-0.2, 0) is 32.3 Å². The third kappa shape index (κ3) is 8.61. The zero-order valence-electron chi connectivity index (χ0n) is 20.6. The van der Waals surface area contributed by atoms with Crippen LogP contribution in [0.3, 0.4) is 0 Å². The molecule has 0 spiro atoms. The van der Waals surface area contributed by atoms with Crippen LogP contribution in [0.25, 0.3) is 0 Å². The van der Waals surface area contributed by atoms with E-state index in [0.717, 1.165) is 22.9 Å². The number of anilines is 1.